The zero-order valence-electron chi connectivity index (χ0n) is 20.6. The summed E-state index contributed by atoms with van der Waals surface area (Å²) in [6.45, 7) is 5.09. The van der Waals surface area contributed by atoms with Gasteiger partial charge < -0.3 is 9.47 Å². The summed E-state index contributed by atoms with van der Waals surface area (Å²) in [5, 5.41) is 2.23. The summed E-state index contributed by atoms with van der Waals surface area (Å²) < 4.78 is 12.5. The van der Waals surface area contributed by atoms with Crippen LogP contribution in [0.4, 0.5) is 10.5 Å². The first-order valence-corrected chi connectivity index (χ1v) is 12.8. The molecule has 4 rings (SSSR count). The van der Waals surface area contributed by atoms with Crippen LogP contribution in [0.25, 0.3) is 6.08 Å². The molecule has 0 unspecified atom stereocenters. The molecule has 3 aromatic carbocycles. The number of anilines is 1. The lowest BCUT2D eigenvalue weighted by Gasteiger charge is -2.26. The van der Waals surface area contributed by atoms with Gasteiger partial charge in [-0.15, -0.1) is 0 Å². The van der Waals surface area contributed by atoms with Gasteiger partial charge in [0.15, 0.2) is 0 Å². The number of halogens is 1. The van der Waals surface area contributed by atoms with E-state index in [1.165, 1.54) is 11.6 Å². The number of carbonyl (C=O) groups is 3. The predicted molar refractivity (Wildman–Crippen MR) is 146 cm³/mol. The number of barbiturate groups is 1. The van der Waals surface area contributed by atoms with Crippen LogP contribution in [0.5, 0.6) is 11.5 Å². The Hall–Kier alpha value is -3.91. The third-order valence-electron chi connectivity index (χ3n) is 6.05. The number of urea groups is 1. The first-order valence-electron chi connectivity index (χ1n) is 12.0. The van der Waals surface area contributed by atoms with Gasteiger partial charge in [0.25, 0.3) is 11.8 Å². The van der Waals surface area contributed by atoms with Crippen molar-refractivity contribution in [3.63, 3.8) is 0 Å². The summed E-state index contributed by atoms with van der Waals surface area (Å²) in [5.74, 6) is 0.488. The molecule has 1 atom stereocenters. The Balaban J connectivity index is 1.38. The number of para-hydroxylation sites is 1. The van der Waals surface area contributed by atoms with Crippen LogP contribution in [0, 0.1) is 0 Å². The number of hydrogen-bond acceptors (Lipinski definition) is 5. The van der Waals surface area contributed by atoms with Crippen molar-refractivity contribution in [2.45, 2.75) is 26.2 Å². The maximum atomic E-state index is 13.0. The van der Waals surface area contributed by atoms with Gasteiger partial charge in [-0.25, -0.2) is 9.69 Å². The van der Waals surface area contributed by atoms with Crippen molar-refractivity contribution in [3.05, 3.63) is 94.0 Å². The van der Waals surface area contributed by atoms with Gasteiger partial charge in [-0.2, -0.15) is 0 Å². The fourth-order valence-electron chi connectivity index (χ4n) is 3.86. The number of hydrogen-bond donors (Lipinski definition) is 1. The summed E-state index contributed by atoms with van der Waals surface area (Å²) in [6.07, 6.45) is 2.49. The molecule has 1 saturated heterocycles. The van der Waals surface area contributed by atoms with E-state index in [0.29, 0.717) is 36.1 Å². The van der Waals surface area contributed by atoms with E-state index in [0.717, 1.165) is 21.5 Å². The Bertz CT molecular complexity index is 1320. The minimum absolute atomic E-state index is 0.135. The number of carbonyl (C=O) groups excluding carboxylic acids is 3. The van der Waals surface area contributed by atoms with Gasteiger partial charge in [0.1, 0.15) is 30.3 Å². The van der Waals surface area contributed by atoms with E-state index in [2.05, 4.69) is 41.2 Å². The quantitative estimate of drug-likeness (QED) is 0.194. The molecule has 0 aliphatic carbocycles. The average Bonchev–Trinajstić information content (AvgIpc) is 2.90. The maximum absolute atomic E-state index is 13.0. The van der Waals surface area contributed by atoms with Crippen molar-refractivity contribution < 1.29 is 23.9 Å². The van der Waals surface area contributed by atoms with Crippen molar-refractivity contribution in [2.75, 3.05) is 18.1 Å². The molecule has 8 heteroatoms. The minimum Gasteiger partial charge on any atom is -0.490 e. The van der Waals surface area contributed by atoms with Gasteiger partial charge in [0.05, 0.1) is 5.69 Å². The van der Waals surface area contributed by atoms with Crippen LogP contribution in [0.3, 0.4) is 0 Å². The molecule has 0 spiro atoms. The average molecular weight is 563 g/mol. The van der Waals surface area contributed by atoms with E-state index in [9.17, 15) is 14.4 Å². The molecular weight excluding hydrogens is 536 g/mol. The molecule has 4 amide bonds. The third kappa shape index (κ3) is 6.27. The van der Waals surface area contributed by atoms with E-state index < -0.39 is 17.8 Å². The standard InChI is InChI=1S/C29H27BrN2O5/c1-3-19(2)24-6-4-5-7-26(24)37-17-16-36-23-14-8-20(9-15-23)18-25-27(33)31-29(35)32(28(25)34)22-12-10-21(30)11-13-22/h4-15,18-19H,3,16-17H2,1-2H3,(H,31,33,35)/b25-18+/t19-/m0/s1. The molecule has 0 bridgehead atoms. The number of nitrogens with one attached hydrogen (secondary N) is 1. The van der Waals surface area contributed by atoms with Gasteiger partial charge >= 0.3 is 6.03 Å². The number of nitrogens with zero attached hydrogens (tertiary/aromatic N) is 1. The van der Waals surface area contributed by atoms with E-state index >= 15 is 0 Å². The first kappa shape index (κ1) is 26.2. The second-order valence-electron chi connectivity index (χ2n) is 8.55. The smallest absolute Gasteiger partial charge is 0.335 e. The van der Waals surface area contributed by atoms with Crippen LogP contribution < -0.4 is 19.7 Å². The first-order chi connectivity index (χ1) is 17.9. The number of amides is 4. The molecule has 0 radical (unpaired) electrons. The Morgan fingerprint density at radius 2 is 1.59 bits per heavy atom. The lowest BCUT2D eigenvalue weighted by molar-refractivity contribution is -0.122. The number of imide groups is 2. The van der Waals surface area contributed by atoms with Crippen LogP contribution in [0.15, 0.2) is 82.8 Å². The van der Waals surface area contributed by atoms with Crippen LogP contribution in [-0.4, -0.2) is 31.1 Å². The van der Waals surface area contributed by atoms with E-state index in [4.69, 9.17) is 9.47 Å². The minimum atomic E-state index is -0.785. The van der Waals surface area contributed by atoms with Crippen molar-refractivity contribution >= 4 is 45.5 Å². The third-order valence-corrected chi connectivity index (χ3v) is 6.58. The van der Waals surface area contributed by atoms with Crippen LogP contribution in [0.2, 0.25) is 0 Å². The molecule has 190 valence electrons. The summed E-state index contributed by atoms with van der Waals surface area (Å²) in [4.78, 5) is 38.7. The molecule has 1 heterocycles. The number of benzene rings is 3. The Morgan fingerprint density at radius 3 is 2.30 bits per heavy atom. The summed E-state index contributed by atoms with van der Waals surface area (Å²) >= 11 is 3.33. The van der Waals surface area contributed by atoms with Crippen molar-refractivity contribution in [3.8, 4) is 11.5 Å². The fourth-order valence-corrected chi connectivity index (χ4v) is 4.12. The van der Waals surface area contributed by atoms with Gasteiger partial charge in [-0.05, 0) is 72.0 Å². The van der Waals surface area contributed by atoms with Crippen LogP contribution >= 0.6 is 15.9 Å². The molecule has 1 N–H and O–H groups in total. The van der Waals surface area contributed by atoms with E-state index in [1.807, 2.05) is 18.2 Å². The Kier molecular flexibility index (Phi) is 8.40. The maximum Gasteiger partial charge on any atom is 0.335 e. The zero-order valence-corrected chi connectivity index (χ0v) is 22.2. The topological polar surface area (TPSA) is 84.9 Å². The van der Waals surface area contributed by atoms with Crippen molar-refractivity contribution in [1.29, 1.82) is 0 Å². The molecule has 1 aliphatic rings. The molecule has 1 aliphatic heterocycles. The molecule has 0 saturated carbocycles. The second-order valence-corrected chi connectivity index (χ2v) is 9.46. The van der Waals surface area contributed by atoms with E-state index in [1.54, 1.807) is 48.5 Å². The van der Waals surface area contributed by atoms with E-state index in [-0.39, 0.29) is 5.57 Å². The summed E-state index contributed by atoms with van der Waals surface area (Å²) in [5.41, 5.74) is 2.03. The van der Waals surface area contributed by atoms with Gasteiger partial charge in [-0.3, -0.25) is 14.9 Å². The lowest BCUT2D eigenvalue weighted by atomic mass is 9.98. The summed E-state index contributed by atoms with van der Waals surface area (Å²) in [7, 11) is 0. The zero-order chi connectivity index (χ0) is 26.4. The highest BCUT2D eigenvalue weighted by Gasteiger charge is 2.36. The van der Waals surface area contributed by atoms with Crippen molar-refractivity contribution in [1.82, 2.24) is 5.32 Å². The number of ether oxygens (including phenoxy) is 2. The fraction of sp³-hybridized carbons (Fsp3) is 0.207. The molecule has 7 nitrogen and oxygen atoms in total. The monoisotopic (exact) mass is 562 g/mol. The van der Waals surface area contributed by atoms with Gasteiger partial charge in [-0.1, -0.05) is 60.1 Å². The van der Waals surface area contributed by atoms with Crippen molar-refractivity contribution in [2.24, 2.45) is 0 Å². The number of rotatable bonds is 9. The predicted octanol–water partition coefficient (Wildman–Crippen LogP) is 6.09. The molecule has 0 aromatic heterocycles. The van der Waals surface area contributed by atoms with Gasteiger partial charge in [0.2, 0.25) is 0 Å². The highest BCUT2D eigenvalue weighted by Crippen LogP contribution is 2.28. The Labute approximate surface area is 224 Å². The highest BCUT2D eigenvalue weighted by molar-refractivity contribution is 9.10. The lowest BCUT2D eigenvalue weighted by Crippen LogP contribution is -2.54. The van der Waals surface area contributed by atoms with Crippen LogP contribution in [-0.2, 0) is 9.59 Å². The largest absolute Gasteiger partial charge is 0.490 e. The normalized spacial score (nSPS) is 15.5. The Morgan fingerprint density at radius 1 is 0.919 bits per heavy atom. The highest BCUT2D eigenvalue weighted by atomic mass is 79.9. The van der Waals surface area contributed by atoms with Crippen LogP contribution in [0.1, 0.15) is 37.3 Å². The molecular formula is C29H27BrN2O5. The SMILES string of the molecule is CC[C@H](C)c1ccccc1OCCOc1ccc(/C=C2\C(=O)NC(=O)N(c3ccc(Br)cc3)C2=O)cc1. The molecule has 3 aromatic rings. The summed E-state index contributed by atoms with van der Waals surface area (Å²) in [6, 6.07) is 20.9. The second kappa shape index (κ2) is 11.9. The molecule has 1 fully saturated rings. The molecule has 37 heavy (non-hydrogen) atoms. The van der Waals surface area contributed by atoms with Gasteiger partial charge in [0, 0.05) is 4.47 Å².